The molecule has 60 valence electrons. The van der Waals surface area contributed by atoms with Gasteiger partial charge in [0.25, 0.3) is 0 Å². The Hall–Kier alpha value is -0.550. The van der Waals surface area contributed by atoms with Gasteiger partial charge < -0.3 is 20.0 Å². The maximum atomic E-state index is 10.1. The number of nitrogens with one attached hydrogen (secondary N) is 1. The van der Waals surface area contributed by atoms with Crippen molar-refractivity contribution in [3.8, 4) is 0 Å². The summed E-state index contributed by atoms with van der Waals surface area (Å²) < 4.78 is 10.1. The molecule has 0 unspecified atom stereocenters. The van der Waals surface area contributed by atoms with Crippen LogP contribution < -0.4 is 5.32 Å². The zero-order valence-electron chi connectivity index (χ0n) is 5.02. The van der Waals surface area contributed by atoms with E-state index in [0.717, 1.165) is 0 Å². The van der Waals surface area contributed by atoms with E-state index in [4.69, 9.17) is 15.0 Å². The number of rotatable bonds is 4. The van der Waals surface area contributed by atoms with Crippen LogP contribution in [0, 0.1) is 0 Å². The molecule has 0 fully saturated rings. The molecule has 0 aromatic heterocycles. The molecule has 10 heavy (non-hydrogen) atoms. The second-order valence-electron chi connectivity index (χ2n) is 1.51. The molecule has 4 N–H and O–H groups in total. The summed E-state index contributed by atoms with van der Waals surface area (Å²) >= 11 is 0. The zero-order valence-corrected chi connectivity index (χ0v) is 5.91. The molecule has 0 rings (SSSR count). The van der Waals surface area contributed by atoms with Gasteiger partial charge in [0.05, 0.1) is 0 Å². The number of hydrogen-bond donors (Lipinski definition) is 4. The van der Waals surface area contributed by atoms with Crippen LogP contribution in [0.1, 0.15) is 0 Å². The summed E-state index contributed by atoms with van der Waals surface area (Å²) in [4.78, 5) is 20.0. The van der Waals surface area contributed by atoms with E-state index in [0.29, 0.717) is 0 Å². The van der Waals surface area contributed by atoms with Gasteiger partial charge >= 0.3 is 7.60 Å². The first kappa shape index (κ1) is 9.45. The van der Waals surface area contributed by atoms with Crippen LogP contribution in [0.15, 0.2) is 12.5 Å². The van der Waals surface area contributed by atoms with Crippen molar-refractivity contribution in [2.24, 2.45) is 0 Å². The molecule has 0 amide bonds. The Balaban J connectivity index is 3.56. The quantitative estimate of drug-likeness (QED) is 0.199. The van der Waals surface area contributed by atoms with Gasteiger partial charge in [-0.25, -0.2) is 5.26 Å². The lowest BCUT2D eigenvalue weighted by atomic mass is 10.9. The van der Waals surface area contributed by atoms with Crippen molar-refractivity contribution >= 4 is 7.60 Å². The number of hydrogen-bond acceptors (Lipinski definition) is 4. The van der Waals surface area contributed by atoms with Gasteiger partial charge in [-0.3, -0.25) is 4.57 Å². The molecular formula is C3H8NO5P. The standard InChI is InChI=1S/C3H8NO5P/c1-3(9-5)4-2-10(6,7)8/h4-5H,1-2H2,(H2,6,7,8). The minimum Gasteiger partial charge on any atom is -0.342 e. The van der Waals surface area contributed by atoms with E-state index < -0.39 is 13.9 Å². The molecular weight excluding hydrogens is 161 g/mol. The highest BCUT2D eigenvalue weighted by Gasteiger charge is 2.12. The Morgan fingerprint density at radius 1 is 1.70 bits per heavy atom. The van der Waals surface area contributed by atoms with Crippen molar-refractivity contribution < 1.29 is 24.5 Å². The highest BCUT2D eigenvalue weighted by molar-refractivity contribution is 7.51. The fourth-order valence-electron chi connectivity index (χ4n) is 0.223. The minimum atomic E-state index is -4.10. The van der Waals surface area contributed by atoms with Gasteiger partial charge in [-0.1, -0.05) is 0 Å². The van der Waals surface area contributed by atoms with Crippen LogP contribution in [-0.4, -0.2) is 21.3 Å². The predicted octanol–water partition coefficient (Wildman–Crippen LogP) is -0.328. The Bertz CT molecular complexity index is 162. The lowest BCUT2D eigenvalue weighted by Crippen LogP contribution is -2.15. The molecule has 0 radical (unpaired) electrons. The van der Waals surface area contributed by atoms with Gasteiger partial charge in [-0.05, 0) is 6.58 Å². The predicted molar refractivity (Wildman–Crippen MR) is 32.9 cm³/mol. The van der Waals surface area contributed by atoms with Gasteiger partial charge in [-0.2, -0.15) is 0 Å². The van der Waals surface area contributed by atoms with Crippen LogP contribution in [0.2, 0.25) is 0 Å². The topological polar surface area (TPSA) is 99.0 Å². The Labute approximate surface area is 57.2 Å². The van der Waals surface area contributed by atoms with Gasteiger partial charge in [0, 0.05) is 0 Å². The average Bonchev–Trinajstić information content (AvgIpc) is 1.81. The van der Waals surface area contributed by atoms with Crippen LogP contribution in [0.25, 0.3) is 0 Å². The molecule has 0 bridgehead atoms. The van der Waals surface area contributed by atoms with Crippen molar-refractivity contribution in [1.82, 2.24) is 5.32 Å². The molecule has 0 aliphatic heterocycles. The van der Waals surface area contributed by atoms with Crippen LogP contribution in [0.3, 0.4) is 0 Å². The molecule has 6 nitrogen and oxygen atoms in total. The maximum Gasteiger partial charge on any atom is 0.344 e. The van der Waals surface area contributed by atoms with E-state index in [1.165, 1.54) is 0 Å². The van der Waals surface area contributed by atoms with E-state index >= 15 is 0 Å². The molecule has 0 aliphatic rings. The maximum absolute atomic E-state index is 10.1. The molecule has 0 heterocycles. The summed E-state index contributed by atoms with van der Waals surface area (Å²) in [6.45, 7) is 3.05. The smallest absolute Gasteiger partial charge is 0.342 e. The summed E-state index contributed by atoms with van der Waals surface area (Å²) in [5.74, 6) is -0.302. The van der Waals surface area contributed by atoms with Crippen molar-refractivity contribution in [2.45, 2.75) is 0 Å². The van der Waals surface area contributed by atoms with Crippen LogP contribution in [0.5, 0.6) is 0 Å². The highest BCUT2D eigenvalue weighted by Crippen LogP contribution is 2.32. The average molecular weight is 169 g/mol. The lowest BCUT2D eigenvalue weighted by Gasteiger charge is -2.05. The third kappa shape index (κ3) is 5.58. The molecule has 0 aliphatic carbocycles. The summed E-state index contributed by atoms with van der Waals surface area (Å²) in [6.07, 6.45) is -0.605. The first-order valence-corrected chi connectivity index (χ1v) is 4.04. The van der Waals surface area contributed by atoms with E-state index in [9.17, 15) is 4.57 Å². The molecule has 0 saturated carbocycles. The highest BCUT2D eigenvalue weighted by atomic mass is 31.2. The van der Waals surface area contributed by atoms with Crippen molar-refractivity contribution in [1.29, 1.82) is 0 Å². The van der Waals surface area contributed by atoms with Crippen LogP contribution in [-0.2, 0) is 9.45 Å². The molecule has 7 heteroatoms. The fourth-order valence-corrected chi connectivity index (χ4v) is 0.606. The Morgan fingerprint density at radius 3 is 2.50 bits per heavy atom. The van der Waals surface area contributed by atoms with Gasteiger partial charge in [0.15, 0.2) is 0 Å². The molecule has 0 aromatic rings. The largest absolute Gasteiger partial charge is 0.344 e. The van der Waals surface area contributed by atoms with Crippen molar-refractivity contribution in [3.63, 3.8) is 0 Å². The summed E-state index contributed by atoms with van der Waals surface area (Å²) in [5, 5.41) is 9.86. The van der Waals surface area contributed by atoms with E-state index in [2.05, 4.69) is 11.5 Å². The molecule has 0 aromatic carbocycles. The third-order valence-electron chi connectivity index (χ3n) is 0.592. The van der Waals surface area contributed by atoms with E-state index in [-0.39, 0.29) is 5.88 Å². The Morgan fingerprint density at radius 2 is 2.20 bits per heavy atom. The molecule has 0 spiro atoms. The summed E-state index contributed by atoms with van der Waals surface area (Å²) in [5.41, 5.74) is 0. The second kappa shape index (κ2) is 3.58. The van der Waals surface area contributed by atoms with Gasteiger partial charge in [-0.15, -0.1) is 0 Å². The minimum absolute atomic E-state index is 0.302. The second-order valence-corrected chi connectivity index (χ2v) is 3.16. The van der Waals surface area contributed by atoms with E-state index in [1.807, 2.05) is 5.32 Å². The van der Waals surface area contributed by atoms with Crippen molar-refractivity contribution in [3.05, 3.63) is 12.5 Å². The van der Waals surface area contributed by atoms with E-state index in [1.54, 1.807) is 0 Å². The first-order valence-electron chi connectivity index (χ1n) is 2.24. The van der Waals surface area contributed by atoms with Gasteiger partial charge in [0.1, 0.15) is 6.29 Å². The summed E-state index contributed by atoms with van der Waals surface area (Å²) in [6, 6.07) is 0. The summed E-state index contributed by atoms with van der Waals surface area (Å²) in [7, 11) is -4.10. The lowest BCUT2D eigenvalue weighted by molar-refractivity contribution is -0.208. The molecule has 0 saturated heterocycles. The third-order valence-corrected chi connectivity index (χ3v) is 1.16. The SMILES string of the molecule is C=C(NCP(=O)(O)O)OO. The zero-order chi connectivity index (χ0) is 8.20. The molecule has 0 atom stereocenters. The monoisotopic (exact) mass is 169 g/mol. The van der Waals surface area contributed by atoms with Crippen LogP contribution >= 0.6 is 7.60 Å². The normalized spacial score (nSPS) is 10.7. The first-order chi connectivity index (χ1) is 4.45. The van der Waals surface area contributed by atoms with Crippen molar-refractivity contribution in [2.75, 3.05) is 6.29 Å². The fraction of sp³-hybridized carbons (Fsp3) is 0.333. The van der Waals surface area contributed by atoms with Crippen LogP contribution in [0.4, 0.5) is 0 Å². The van der Waals surface area contributed by atoms with Gasteiger partial charge in [0.2, 0.25) is 5.88 Å². The Kier molecular flexibility index (Phi) is 3.38.